The molecule has 9 rings (SSSR count). The number of aliphatic hydroxyl groups excluding tert-OH is 1. The van der Waals surface area contributed by atoms with Gasteiger partial charge in [0.05, 0.1) is 45.5 Å². The van der Waals surface area contributed by atoms with Crippen molar-refractivity contribution in [1.82, 2.24) is 45.2 Å². The highest BCUT2D eigenvalue weighted by Gasteiger charge is 2.44. The normalized spacial score (nSPS) is 20.0. The van der Waals surface area contributed by atoms with Crippen LogP contribution in [-0.4, -0.2) is 113 Å². The highest BCUT2D eigenvalue weighted by Crippen LogP contribution is 2.36. The van der Waals surface area contributed by atoms with Crippen LogP contribution < -0.4 is 16.0 Å². The van der Waals surface area contributed by atoms with Crippen molar-refractivity contribution >= 4 is 45.8 Å². The Bertz CT molecular complexity index is 2590. The third kappa shape index (κ3) is 8.80. The molecule has 2 amide bonds. The Morgan fingerprint density at radius 2 is 1.73 bits per heavy atom. The zero-order chi connectivity index (χ0) is 44.6. The van der Waals surface area contributed by atoms with E-state index in [0.717, 1.165) is 91.4 Å². The van der Waals surface area contributed by atoms with Crippen molar-refractivity contribution in [2.24, 2.45) is 11.8 Å². The van der Waals surface area contributed by atoms with Crippen LogP contribution in [-0.2, 0) is 9.59 Å². The SMILES string of the molecule is Cc1ncsc1-c1ccc([C@H](C)NC(=O)[C@@H]2C[C@@H](O)CN2C(=O)C(c2cc(N3CCC(CN4CCC(n5nc(N)c6nnc(-c7ccccc7O)cc65)CC4)CC3)no2)C(C)C)cc1. The van der Waals surface area contributed by atoms with Crippen molar-refractivity contribution in [1.29, 1.82) is 0 Å². The molecule has 3 fully saturated rings. The molecule has 7 heterocycles. The van der Waals surface area contributed by atoms with E-state index < -0.39 is 18.1 Å². The number of aliphatic hydroxyl groups is 1. The number of benzene rings is 2. The molecule has 0 spiro atoms. The number of phenolic OH excluding ortho intramolecular Hbond substituents is 1. The van der Waals surface area contributed by atoms with E-state index in [0.29, 0.717) is 34.3 Å². The number of β-amino-alcohol motifs (C(OH)–C–C–N with tert-alkyl or cyclic N) is 1. The summed E-state index contributed by atoms with van der Waals surface area (Å²) in [6.07, 6.45) is 3.26. The maximum atomic E-state index is 14.3. The average molecular weight is 888 g/mol. The summed E-state index contributed by atoms with van der Waals surface area (Å²) in [5, 5.41) is 42.1. The third-order valence-electron chi connectivity index (χ3n) is 13.4. The molecule has 16 nitrogen and oxygen atoms in total. The Morgan fingerprint density at radius 1 is 0.984 bits per heavy atom. The number of nitrogens with two attached hydrogens (primary N) is 1. The van der Waals surface area contributed by atoms with Gasteiger partial charge in [-0.3, -0.25) is 14.3 Å². The van der Waals surface area contributed by atoms with Crippen LogP contribution in [0.1, 0.15) is 87.9 Å². The van der Waals surface area contributed by atoms with Gasteiger partial charge in [-0.1, -0.05) is 55.4 Å². The number of aromatic nitrogens is 6. The van der Waals surface area contributed by atoms with E-state index in [2.05, 4.69) is 40.6 Å². The second kappa shape index (κ2) is 18.3. The molecule has 336 valence electrons. The molecule has 6 aromatic rings. The number of nitrogen functional groups attached to an aromatic ring is 1. The van der Waals surface area contributed by atoms with Crippen molar-refractivity contribution < 1.29 is 24.3 Å². The summed E-state index contributed by atoms with van der Waals surface area (Å²) >= 11 is 1.60. The van der Waals surface area contributed by atoms with Crippen molar-refractivity contribution in [2.75, 3.05) is 49.9 Å². The minimum absolute atomic E-state index is 0.0787. The lowest BCUT2D eigenvalue weighted by Gasteiger charge is -2.37. The molecule has 0 radical (unpaired) electrons. The zero-order valence-corrected chi connectivity index (χ0v) is 37.6. The Labute approximate surface area is 376 Å². The van der Waals surface area contributed by atoms with Crippen molar-refractivity contribution in [3.8, 4) is 27.4 Å². The first-order valence-corrected chi connectivity index (χ1v) is 23.3. The molecule has 4 atom stereocenters. The van der Waals surface area contributed by atoms with Gasteiger partial charge in [0.2, 0.25) is 11.8 Å². The number of carbonyl (C=O) groups excluding carboxylic acids is 2. The van der Waals surface area contributed by atoms with Gasteiger partial charge in [-0.25, -0.2) is 4.98 Å². The summed E-state index contributed by atoms with van der Waals surface area (Å²) < 4.78 is 7.92. The van der Waals surface area contributed by atoms with Crippen LogP contribution in [0.5, 0.6) is 5.75 Å². The molecular weight excluding hydrogens is 831 g/mol. The minimum atomic E-state index is -0.806. The second-order valence-electron chi connectivity index (χ2n) is 18.1. The fraction of sp³-hybridized carbons (Fsp3) is 0.468. The number of piperidine rings is 2. The number of aryl methyl sites for hydroxylation is 1. The van der Waals surface area contributed by atoms with Gasteiger partial charge in [0.15, 0.2) is 22.9 Å². The molecule has 3 aliphatic heterocycles. The van der Waals surface area contributed by atoms with E-state index in [4.69, 9.17) is 10.3 Å². The van der Waals surface area contributed by atoms with Crippen LogP contribution in [0, 0.1) is 18.8 Å². The van der Waals surface area contributed by atoms with Gasteiger partial charge in [-0.2, -0.15) is 5.10 Å². The van der Waals surface area contributed by atoms with Crippen molar-refractivity contribution in [3.05, 3.63) is 83.2 Å². The summed E-state index contributed by atoms with van der Waals surface area (Å²) in [4.78, 5) is 39.9. The van der Waals surface area contributed by atoms with E-state index >= 15 is 0 Å². The summed E-state index contributed by atoms with van der Waals surface area (Å²) in [5.74, 6) is 0.905. The zero-order valence-electron chi connectivity index (χ0n) is 36.8. The number of thiazole rings is 1. The fourth-order valence-corrected chi connectivity index (χ4v) is 10.6. The highest BCUT2D eigenvalue weighted by atomic mass is 32.1. The van der Waals surface area contributed by atoms with E-state index in [1.807, 2.05) is 86.4 Å². The Kier molecular flexibility index (Phi) is 12.4. The largest absolute Gasteiger partial charge is 0.507 e. The van der Waals surface area contributed by atoms with Gasteiger partial charge in [0.1, 0.15) is 17.7 Å². The lowest BCUT2D eigenvalue weighted by Crippen LogP contribution is -2.48. The lowest BCUT2D eigenvalue weighted by molar-refractivity contribution is -0.141. The predicted molar refractivity (Wildman–Crippen MR) is 246 cm³/mol. The summed E-state index contributed by atoms with van der Waals surface area (Å²) in [6, 6.07) is 18.1. The quantitative estimate of drug-likeness (QED) is 0.106. The first-order chi connectivity index (χ1) is 30.9. The van der Waals surface area contributed by atoms with Crippen LogP contribution in [0.25, 0.3) is 32.7 Å². The number of amides is 2. The topological polar surface area (TPSA) is 205 Å². The van der Waals surface area contributed by atoms with Crippen molar-refractivity contribution in [3.63, 3.8) is 0 Å². The number of hydrogen-bond acceptors (Lipinski definition) is 14. The van der Waals surface area contributed by atoms with Crippen LogP contribution in [0.4, 0.5) is 11.6 Å². The lowest BCUT2D eigenvalue weighted by atomic mass is 9.91. The second-order valence-corrected chi connectivity index (χ2v) is 19.0. The van der Waals surface area contributed by atoms with Crippen LogP contribution in [0.3, 0.4) is 0 Å². The van der Waals surface area contributed by atoms with Gasteiger partial charge in [0.25, 0.3) is 0 Å². The molecule has 64 heavy (non-hydrogen) atoms. The molecule has 0 bridgehead atoms. The number of likely N-dealkylation sites (tertiary alicyclic amines) is 2. The summed E-state index contributed by atoms with van der Waals surface area (Å²) in [6.45, 7) is 12.5. The Balaban J connectivity index is 0.778. The molecule has 3 saturated heterocycles. The van der Waals surface area contributed by atoms with Crippen LogP contribution >= 0.6 is 11.3 Å². The van der Waals surface area contributed by atoms with Gasteiger partial charge in [-0.15, -0.1) is 21.5 Å². The number of carbonyl (C=O) groups is 2. The Hall–Kier alpha value is -5.91. The number of fused-ring (bicyclic) bond motifs is 1. The van der Waals surface area contributed by atoms with E-state index in [1.54, 1.807) is 23.5 Å². The van der Waals surface area contributed by atoms with Crippen LogP contribution in [0.15, 0.2) is 70.7 Å². The van der Waals surface area contributed by atoms with Gasteiger partial charge in [0, 0.05) is 57.3 Å². The molecule has 1 unspecified atom stereocenters. The number of rotatable bonds is 12. The first-order valence-electron chi connectivity index (χ1n) is 22.4. The molecule has 0 saturated carbocycles. The molecule has 3 aliphatic rings. The Morgan fingerprint density at radius 3 is 2.44 bits per heavy atom. The van der Waals surface area contributed by atoms with E-state index in [-0.39, 0.29) is 48.5 Å². The first kappa shape index (κ1) is 43.3. The number of para-hydroxylation sites is 1. The molecule has 2 aromatic carbocycles. The third-order valence-corrected chi connectivity index (χ3v) is 14.4. The smallest absolute Gasteiger partial charge is 0.243 e. The molecule has 0 aliphatic carbocycles. The number of nitrogens with one attached hydrogen (secondary N) is 1. The predicted octanol–water partition coefficient (Wildman–Crippen LogP) is 6.33. The van der Waals surface area contributed by atoms with Gasteiger partial charge >= 0.3 is 0 Å². The minimum Gasteiger partial charge on any atom is -0.507 e. The number of aromatic hydroxyl groups is 1. The molecule has 5 N–H and O–H groups in total. The average Bonchev–Trinajstić information content (AvgIpc) is 4.11. The molecular formula is C47H57N11O5S. The monoisotopic (exact) mass is 887 g/mol. The molecule has 4 aromatic heterocycles. The standard InChI is InChI=1S/C47H57N11O5S/c1-27(2)42(47(62)57-25-34(59)21-38(57)46(61)50-28(3)31-9-11-32(12-10-31)44-29(4)49-26-64-44)40-23-41(54-63-40)56-19-13-30(14-20-56)24-55-17-15-33(16-18-55)58-37-22-36(35-7-5-6-8-39(35)60)51-52-43(37)45(48)53-58/h5-12,22-23,26-28,30,33-34,38,42,59-60H,13-21,24-25H2,1-4H3,(H2,48,53)(H,50,61)/t28-,34+,38-,42?/m0/s1. The van der Waals surface area contributed by atoms with Gasteiger partial charge < -0.3 is 40.5 Å². The number of hydrogen-bond donors (Lipinski definition) is 4. The van der Waals surface area contributed by atoms with Gasteiger partial charge in [-0.05, 0) is 80.7 Å². The van der Waals surface area contributed by atoms with Crippen LogP contribution in [0.2, 0.25) is 0 Å². The fourth-order valence-electron chi connectivity index (χ4n) is 9.80. The number of nitrogens with zero attached hydrogens (tertiary/aromatic N) is 9. The number of anilines is 2. The number of phenols is 1. The highest BCUT2D eigenvalue weighted by molar-refractivity contribution is 7.13. The van der Waals surface area contributed by atoms with Crippen molar-refractivity contribution in [2.45, 2.75) is 89.9 Å². The summed E-state index contributed by atoms with van der Waals surface area (Å²) in [7, 11) is 0. The maximum absolute atomic E-state index is 14.3. The van der Waals surface area contributed by atoms with E-state index in [1.165, 1.54) is 4.90 Å². The maximum Gasteiger partial charge on any atom is 0.243 e. The molecule has 17 heteroatoms. The summed E-state index contributed by atoms with van der Waals surface area (Å²) in [5.41, 5.74) is 13.7. The van der Waals surface area contributed by atoms with E-state index in [9.17, 15) is 19.8 Å².